The minimum Gasteiger partial charge on any atom is -0.466 e. The van der Waals surface area contributed by atoms with Crippen LogP contribution in [-0.4, -0.2) is 64.2 Å². The summed E-state index contributed by atoms with van der Waals surface area (Å²) in [6, 6.07) is 8.83. The van der Waals surface area contributed by atoms with Crippen LogP contribution < -0.4 is 4.90 Å². The summed E-state index contributed by atoms with van der Waals surface area (Å²) in [6.45, 7) is 5.96. The van der Waals surface area contributed by atoms with E-state index in [0.717, 1.165) is 43.6 Å². The van der Waals surface area contributed by atoms with E-state index in [1.165, 1.54) is 13.2 Å². The Hall–Kier alpha value is -3.75. The number of methoxy groups -OCH3 is 1. The number of benzene rings is 1. The van der Waals surface area contributed by atoms with Crippen molar-refractivity contribution in [2.75, 3.05) is 31.6 Å². The number of hydrogen-bond donors (Lipinski definition) is 0. The summed E-state index contributed by atoms with van der Waals surface area (Å²) >= 11 is 0. The predicted molar refractivity (Wildman–Crippen MR) is 144 cm³/mol. The molecule has 2 aliphatic rings. The molecule has 0 aliphatic carbocycles. The highest BCUT2D eigenvalue weighted by Crippen LogP contribution is 2.29. The number of ether oxygens (including phenoxy) is 1. The van der Waals surface area contributed by atoms with Gasteiger partial charge in [-0.1, -0.05) is 25.8 Å². The molecular weight excluding hydrogens is 485 g/mol. The average molecular weight is 520 g/mol. The lowest BCUT2D eigenvalue weighted by molar-refractivity contribution is -0.136. The van der Waals surface area contributed by atoms with E-state index >= 15 is 4.39 Å². The Bertz CT molecular complexity index is 1400. The van der Waals surface area contributed by atoms with Crippen molar-refractivity contribution in [3.8, 4) is 11.3 Å². The minimum absolute atomic E-state index is 0.0548. The Morgan fingerprint density at radius 2 is 1.97 bits per heavy atom. The van der Waals surface area contributed by atoms with Crippen LogP contribution in [0, 0.1) is 5.82 Å². The average Bonchev–Trinajstić information content (AvgIpc) is 3.25. The number of aromatic nitrogens is 3. The van der Waals surface area contributed by atoms with Gasteiger partial charge >= 0.3 is 5.97 Å². The first-order valence-corrected chi connectivity index (χ1v) is 13.4. The molecule has 3 aromatic rings. The monoisotopic (exact) mass is 519 g/mol. The van der Waals surface area contributed by atoms with Crippen LogP contribution in [0.25, 0.3) is 16.9 Å². The molecule has 1 saturated heterocycles. The Morgan fingerprint density at radius 3 is 2.68 bits per heavy atom. The molecule has 2 aromatic heterocycles. The molecule has 1 amide bonds. The topological polar surface area (TPSA) is 80.0 Å². The number of carbonyl (C=O) groups is 2. The van der Waals surface area contributed by atoms with E-state index in [1.54, 1.807) is 16.6 Å². The van der Waals surface area contributed by atoms with E-state index in [2.05, 4.69) is 17.0 Å². The van der Waals surface area contributed by atoms with Crippen LogP contribution in [0.3, 0.4) is 0 Å². The number of amides is 1. The smallest absolute Gasteiger partial charge is 0.333 e. The van der Waals surface area contributed by atoms with Crippen molar-refractivity contribution in [2.45, 2.75) is 58.4 Å². The number of rotatable bonds is 5. The second-order valence-electron chi connectivity index (χ2n) is 10.1. The molecule has 0 N–H and O–H groups in total. The normalized spacial score (nSPS) is 18.3. The molecule has 4 heterocycles. The molecule has 0 spiro atoms. The Morgan fingerprint density at radius 1 is 1.13 bits per heavy atom. The lowest BCUT2D eigenvalue weighted by Gasteiger charge is -2.27. The number of nitrogens with zero attached hydrogens (tertiary/aromatic N) is 5. The Balaban J connectivity index is 1.42. The fourth-order valence-electron chi connectivity index (χ4n) is 5.38. The van der Waals surface area contributed by atoms with Gasteiger partial charge in [0.15, 0.2) is 5.65 Å². The highest BCUT2D eigenvalue weighted by molar-refractivity contribution is 5.93. The molecule has 0 saturated carbocycles. The number of esters is 1. The van der Waals surface area contributed by atoms with Crippen LogP contribution in [0.15, 0.2) is 42.0 Å². The fourth-order valence-corrected chi connectivity index (χ4v) is 5.38. The largest absolute Gasteiger partial charge is 0.466 e. The molecule has 1 atom stereocenters. The zero-order chi connectivity index (χ0) is 26.8. The number of carbonyl (C=O) groups excluding carboxylic acids is 2. The maximum absolute atomic E-state index is 15.3. The highest BCUT2D eigenvalue weighted by atomic mass is 19.1. The molecule has 1 aromatic carbocycles. The van der Waals surface area contributed by atoms with Crippen molar-refractivity contribution in [1.29, 1.82) is 0 Å². The number of halogens is 1. The van der Waals surface area contributed by atoms with Gasteiger partial charge in [-0.15, -0.1) is 0 Å². The van der Waals surface area contributed by atoms with Gasteiger partial charge in [0.05, 0.1) is 12.8 Å². The van der Waals surface area contributed by atoms with Gasteiger partial charge in [0.2, 0.25) is 0 Å². The number of hydrogen-bond acceptors (Lipinski definition) is 6. The molecule has 38 heavy (non-hydrogen) atoms. The molecule has 1 fully saturated rings. The Labute approximate surface area is 222 Å². The summed E-state index contributed by atoms with van der Waals surface area (Å²) in [5.41, 5.74) is 4.02. The standard InChI is InChI=1S/C29H34FN5O3/c1-4-21-17-26(28(36)34-13-7-5-6-8-19(34)2)31-27-18-25(32-35(21)27)23-10-9-22(16-24(23)30)33-14-11-20(12-15-33)29(37)38-3/h9-11,16-19H,4-8,12-15H2,1-3H3/t19-/m1/s1. The summed E-state index contributed by atoms with van der Waals surface area (Å²) in [7, 11) is 1.37. The molecule has 2 aliphatic heterocycles. The lowest BCUT2D eigenvalue weighted by Crippen LogP contribution is -2.38. The van der Waals surface area contributed by atoms with Crippen LogP contribution in [0.5, 0.6) is 0 Å². The van der Waals surface area contributed by atoms with E-state index in [0.29, 0.717) is 54.1 Å². The molecule has 200 valence electrons. The predicted octanol–water partition coefficient (Wildman–Crippen LogP) is 4.81. The summed E-state index contributed by atoms with van der Waals surface area (Å²) in [5, 5.41) is 4.65. The van der Waals surface area contributed by atoms with E-state index in [4.69, 9.17) is 4.74 Å². The van der Waals surface area contributed by atoms with E-state index in [9.17, 15) is 9.59 Å². The van der Waals surface area contributed by atoms with Crippen LogP contribution in [0.2, 0.25) is 0 Å². The van der Waals surface area contributed by atoms with E-state index in [1.807, 2.05) is 34.9 Å². The molecule has 0 bridgehead atoms. The van der Waals surface area contributed by atoms with Crippen LogP contribution >= 0.6 is 0 Å². The summed E-state index contributed by atoms with van der Waals surface area (Å²) in [6.07, 6.45) is 7.31. The SMILES string of the molecule is CCc1cc(C(=O)N2CCCCC[C@H]2C)nc2cc(-c3ccc(N4CC=C(C(=O)OC)CC4)cc3F)nn12. The zero-order valence-corrected chi connectivity index (χ0v) is 22.2. The van der Waals surface area contributed by atoms with Crippen LogP contribution in [-0.2, 0) is 16.0 Å². The third-order valence-corrected chi connectivity index (χ3v) is 7.65. The van der Waals surface area contributed by atoms with E-state index < -0.39 is 0 Å². The van der Waals surface area contributed by atoms with Gasteiger partial charge < -0.3 is 14.5 Å². The van der Waals surface area contributed by atoms with Gasteiger partial charge in [-0.3, -0.25) is 4.79 Å². The first-order valence-electron chi connectivity index (χ1n) is 13.4. The van der Waals surface area contributed by atoms with Gasteiger partial charge in [-0.25, -0.2) is 18.7 Å². The molecule has 8 nitrogen and oxygen atoms in total. The third-order valence-electron chi connectivity index (χ3n) is 7.65. The van der Waals surface area contributed by atoms with Gasteiger partial charge in [0, 0.05) is 54.3 Å². The van der Waals surface area contributed by atoms with E-state index in [-0.39, 0.29) is 23.7 Å². The number of anilines is 1. The number of aryl methyl sites for hydroxylation is 1. The number of fused-ring (bicyclic) bond motifs is 1. The maximum atomic E-state index is 15.3. The van der Waals surface area contributed by atoms with Crippen molar-refractivity contribution in [2.24, 2.45) is 0 Å². The molecule has 0 unspecified atom stereocenters. The first-order chi connectivity index (χ1) is 18.4. The summed E-state index contributed by atoms with van der Waals surface area (Å²) in [5.74, 6) is -0.758. The molecule has 5 rings (SSSR count). The zero-order valence-electron chi connectivity index (χ0n) is 22.2. The van der Waals surface area contributed by atoms with Crippen LogP contribution in [0.1, 0.15) is 62.1 Å². The van der Waals surface area contributed by atoms with Crippen LogP contribution in [0.4, 0.5) is 10.1 Å². The van der Waals surface area contributed by atoms with Crippen molar-refractivity contribution >= 4 is 23.2 Å². The van der Waals surface area contributed by atoms with Crippen molar-refractivity contribution in [3.05, 3.63) is 59.2 Å². The lowest BCUT2D eigenvalue weighted by atomic mass is 10.1. The van der Waals surface area contributed by atoms with Gasteiger partial charge in [0.25, 0.3) is 5.91 Å². The van der Waals surface area contributed by atoms with Gasteiger partial charge in [-0.05, 0) is 56.9 Å². The maximum Gasteiger partial charge on any atom is 0.333 e. The minimum atomic E-state index is -0.388. The summed E-state index contributed by atoms with van der Waals surface area (Å²) < 4.78 is 21.8. The molecular formula is C29H34FN5O3. The van der Waals surface area contributed by atoms with Gasteiger partial charge in [0.1, 0.15) is 11.5 Å². The molecule has 0 radical (unpaired) electrons. The Kier molecular flexibility index (Phi) is 7.44. The first kappa shape index (κ1) is 25.9. The highest BCUT2D eigenvalue weighted by Gasteiger charge is 2.26. The number of likely N-dealkylation sites (tertiary alicyclic amines) is 1. The third kappa shape index (κ3) is 5.01. The van der Waals surface area contributed by atoms with Crippen molar-refractivity contribution in [3.63, 3.8) is 0 Å². The quantitative estimate of drug-likeness (QED) is 0.450. The van der Waals surface area contributed by atoms with Crippen molar-refractivity contribution < 1.29 is 18.7 Å². The molecule has 9 heteroatoms. The fraction of sp³-hybridized carbons (Fsp3) is 0.448. The second kappa shape index (κ2) is 10.9. The van der Waals surface area contributed by atoms with Crippen molar-refractivity contribution in [1.82, 2.24) is 19.5 Å². The second-order valence-corrected chi connectivity index (χ2v) is 10.1. The van der Waals surface area contributed by atoms with Gasteiger partial charge in [-0.2, -0.15) is 5.10 Å². The summed E-state index contributed by atoms with van der Waals surface area (Å²) in [4.78, 5) is 33.8.